The zero-order valence-electron chi connectivity index (χ0n) is 10.9. The summed E-state index contributed by atoms with van der Waals surface area (Å²) in [6.45, 7) is 0.361. The van der Waals surface area contributed by atoms with E-state index in [0.717, 1.165) is 10.5 Å². The molecule has 1 fully saturated rings. The van der Waals surface area contributed by atoms with Gasteiger partial charge in [-0.3, -0.25) is 4.90 Å². The predicted molar refractivity (Wildman–Crippen MR) is 70.0 cm³/mol. The molecule has 1 aromatic rings. The van der Waals surface area contributed by atoms with Crippen LogP contribution >= 0.6 is 0 Å². The first-order chi connectivity index (χ1) is 9.59. The van der Waals surface area contributed by atoms with Gasteiger partial charge in [0.15, 0.2) is 6.04 Å². The van der Waals surface area contributed by atoms with Crippen LogP contribution < -0.4 is 0 Å². The number of carbonyl (C=O) groups is 2. The van der Waals surface area contributed by atoms with Gasteiger partial charge in [0.2, 0.25) is 0 Å². The molecule has 0 spiro atoms. The molecule has 1 heterocycles. The lowest BCUT2D eigenvalue weighted by Gasteiger charge is -2.35. The third-order valence-corrected chi connectivity index (χ3v) is 3.29. The Labute approximate surface area is 116 Å². The van der Waals surface area contributed by atoms with Crippen LogP contribution in [0.5, 0.6) is 0 Å². The fourth-order valence-electron chi connectivity index (χ4n) is 2.28. The number of nitrogens with zero attached hydrogens (tertiary/aromatic N) is 1. The second-order valence-electron chi connectivity index (χ2n) is 4.73. The maximum atomic E-state index is 12.0. The average molecular weight is 279 g/mol. The van der Waals surface area contributed by atoms with E-state index in [2.05, 4.69) is 0 Å². The summed E-state index contributed by atoms with van der Waals surface area (Å²) in [6, 6.07) is 7.90. The number of carbonyl (C=O) groups excluding carboxylic acids is 1. The first kappa shape index (κ1) is 14.3. The van der Waals surface area contributed by atoms with Crippen molar-refractivity contribution >= 4 is 12.1 Å². The van der Waals surface area contributed by atoms with Crippen molar-refractivity contribution in [3.8, 4) is 0 Å². The van der Waals surface area contributed by atoms with Crippen molar-refractivity contribution in [1.82, 2.24) is 4.90 Å². The molecule has 0 radical (unpaired) electrons. The quantitative estimate of drug-likeness (QED) is 0.869. The van der Waals surface area contributed by atoms with Crippen LogP contribution in [0.4, 0.5) is 4.79 Å². The van der Waals surface area contributed by atoms with E-state index >= 15 is 0 Å². The van der Waals surface area contributed by atoms with Crippen LogP contribution in [0.2, 0.25) is 0 Å². The van der Waals surface area contributed by atoms with E-state index < -0.39 is 24.2 Å². The van der Waals surface area contributed by atoms with Gasteiger partial charge in [0, 0.05) is 6.54 Å². The summed E-state index contributed by atoms with van der Waals surface area (Å²) in [6.07, 6.45) is -0.823. The minimum Gasteiger partial charge on any atom is -0.480 e. The Morgan fingerprint density at radius 3 is 2.65 bits per heavy atom. The number of piperidine rings is 1. The van der Waals surface area contributed by atoms with E-state index in [-0.39, 0.29) is 13.2 Å². The van der Waals surface area contributed by atoms with Crippen LogP contribution in [0.3, 0.4) is 0 Å². The molecule has 108 valence electrons. The predicted octanol–water partition coefficient (Wildman–Crippen LogP) is 1.23. The second-order valence-corrected chi connectivity index (χ2v) is 4.73. The molecule has 2 rings (SSSR count). The fourth-order valence-corrected chi connectivity index (χ4v) is 2.28. The molecular formula is C14H17NO5. The van der Waals surface area contributed by atoms with E-state index in [4.69, 9.17) is 9.84 Å². The Balaban J connectivity index is 1.98. The van der Waals surface area contributed by atoms with E-state index in [0.29, 0.717) is 12.8 Å². The van der Waals surface area contributed by atoms with Gasteiger partial charge in [0.25, 0.3) is 0 Å². The highest BCUT2D eigenvalue weighted by atomic mass is 16.6. The number of aliphatic hydroxyl groups excluding tert-OH is 1. The summed E-state index contributed by atoms with van der Waals surface area (Å²) < 4.78 is 5.11. The summed E-state index contributed by atoms with van der Waals surface area (Å²) in [5.41, 5.74) is 0.824. The molecular weight excluding hydrogens is 262 g/mol. The number of hydrogen-bond acceptors (Lipinski definition) is 4. The summed E-state index contributed by atoms with van der Waals surface area (Å²) in [5, 5.41) is 18.8. The van der Waals surface area contributed by atoms with Crippen LogP contribution in [0.15, 0.2) is 30.3 Å². The van der Waals surface area contributed by atoms with E-state index in [1.807, 2.05) is 30.3 Å². The van der Waals surface area contributed by atoms with Crippen LogP contribution in [-0.4, -0.2) is 45.9 Å². The standard InChI is InChI=1S/C14H17NO5/c16-11-7-4-8-15(12(11)13(17)18)14(19)20-9-10-5-2-1-3-6-10/h1-3,5-6,11-12,16H,4,7-9H2,(H,17,18). The number of rotatable bonds is 3. The maximum Gasteiger partial charge on any atom is 0.410 e. The monoisotopic (exact) mass is 279 g/mol. The largest absolute Gasteiger partial charge is 0.480 e. The van der Waals surface area contributed by atoms with Crippen molar-refractivity contribution in [2.75, 3.05) is 6.54 Å². The van der Waals surface area contributed by atoms with Crippen molar-refractivity contribution in [2.24, 2.45) is 0 Å². The smallest absolute Gasteiger partial charge is 0.410 e. The molecule has 0 bridgehead atoms. The van der Waals surface area contributed by atoms with Crippen molar-refractivity contribution in [1.29, 1.82) is 0 Å². The molecule has 20 heavy (non-hydrogen) atoms. The third-order valence-electron chi connectivity index (χ3n) is 3.29. The van der Waals surface area contributed by atoms with Crippen LogP contribution in [-0.2, 0) is 16.1 Å². The summed E-state index contributed by atoms with van der Waals surface area (Å²) in [4.78, 5) is 24.2. The molecule has 1 saturated heterocycles. The van der Waals surface area contributed by atoms with Crippen molar-refractivity contribution in [3.63, 3.8) is 0 Å². The SMILES string of the molecule is O=C(O)C1C(O)CCCN1C(=O)OCc1ccccc1. The van der Waals surface area contributed by atoms with Crippen molar-refractivity contribution in [2.45, 2.75) is 31.6 Å². The molecule has 1 aliphatic rings. The lowest BCUT2D eigenvalue weighted by Crippen LogP contribution is -2.55. The van der Waals surface area contributed by atoms with Crippen LogP contribution in [0.25, 0.3) is 0 Å². The lowest BCUT2D eigenvalue weighted by atomic mass is 9.99. The highest BCUT2D eigenvalue weighted by Gasteiger charge is 2.39. The molecule has 0 aliphatic carbocycles. The Kier molecular flexibility index (Phi) is 4.57. The molecule has 2 unspecified atom stereocenters. The molecule has 0 saturated carbocycles. The second kappa shape index (κ2) is 6.38. The first-order valence-electron chi connectivity index (χ1n) is 6.48. The Morgan fingerprint density at radius 2 is 2.00 bits per heavy atom. The van der Waals surface area contributed by atoms with Gasteiger partial charge < -0.3 is 14.9 Å². The first-order valence-corrected chi connectivity index (χ1v) is 6.48. The Morgan fingerprint density at radius 1 is 1.30 bits per heavy atom. The van der Waals surface area contributed by atoms with E-state index in [1.54, 1.807) is 0 Å². The molecule has 1 aliphatic heterocycles. The minimum atomic E-state index is -1.23. The number of ether oxygens (including phenoxy) is 1. The van der Waals surface area contributed by atoms with Gasteiger partial charge in [-0.25, -0.2) is 9.59 Å². The summed E-state index contributed by atoms with van der Waals surface area (Å²) in [7, 11) is 0. The van der Waals surface area contributed by atoms with Gasteiger partial charge in [-0.05, 0) is 18.4 Å². The highest BCUT2D eigenvalue weighted by molar-refractivity contribution is 5.81. The summed E-state index contributed by atoms with van der Waals surface area (Å²) in [5.74, 6) is -1.21. The molecule has 2 atom stereocenters. The number of hydrogen-bond donors (Lipinski definition) is 2. The molecule has 6 nitrogen and oxygen atoms in total. The number of carboxylic acids is 1. The molecule has 0 aromatic heterocycles. The topological polar surface area (TPSA) is 87.1 Å². The number of amides is 1. The van der Waals surface area contributed by atoms with Crippen LogP contribution in [0, 0.1) is 0 Å². The lowest BCUT2D eigenvalue weighted by molar-refractivity contribution is -0.149. The van der Waals surface area contributed by atoms with Gasteiger partial charge >= 0.3 is 12.1 Å². The zero-order valence-corrected chi connectivity index (χ0v) is 10.9. The summed E-state index contributed by atoms with van der Waals surface area (Å²) >= 11 is 0. The van der Waals surface area contributed by atoms with Crippen molar-refractivity contribution in [3.05, 3.63) is 35.9 Å². The molecule has 1 aromatic carbocycles. The minimum absolute atomic E-state index is 0.0820. The molecule has 1 amide bonds. The van der Waals surface area contributed by atoms with E-state index in [1.165, 1.54) is 0 Å². The Hall–Kier alpha value is -2.08. The number of likely N-dealkylation sites (tertiary alicyclic amines) is 1. The Bertz CT molecular complexity index is 476. The fraction of sp³-hybridized carbons (Fsp3) is 0.429. The maximum absolute atomic E-state index is 12.0. The van der Waals surface area contributed by atoms with Gasteiger partial charge in [-0.1, -0.05) is 30.3 Å². The molecule has 2 N–H and O–H groups in total. The average Bonchev–Trinajstić information content (AvgIpc) is 2.45. The van der Waals surface area contributed by atoms with Gasteiger partial charge in [-0.15, -0.1) is 0 Å². The third kappa shape index (κ3) is 3.27. The number of aliphatic carboxylic acids is 1. The van der Waals surface area contributed by atoms with Gasteiger partial charge in [-0.2, -0.15) is 0 Å². The number of aliphatic hydroxyl groups is 1. The van der Waals surface area contributed by atoms with Gasteiger partial charge in [0.05, 0.1) is 6.10 Å². The van der Waals surface area contributed by atoms with E-state index in [9.17, 15) is 14.7 Å². The zero-order chi connectivity index (χ0) is 14.5. The van der Waals surface area contributed by atoms with Crippen molar-refractivity contribution < 1.29 is 24.5 Å². The number of benzene rings is 1. The molecule has 6 heteroatoms. The normalized spacial score (nSPS) is 22.4. The highest BCUT2D eigenvalue weighted by Crippen LogP contribution is 2.19. The van der Waals surface area contributed by atoms with Crippen LogP contribution in [0.1, 0.15) is 18.4 Å². The number of carboxylic acid groups (broad SMARTS) is 1. The van der Waals surface area contributed by atoms with Gasteiger partial charge in [0.1, 0.15) is 6.61 Å².